The van der Waals surface area contributed by atoms with Gasteiger partial charge in [-0.2, -0.15) is 0 Å². The smallest absolute Gasteiger partial charge is 0.341 e. The van der Waals surface area contributed by atoms with E-state index in [0.717, 1.165) is 0 Å². The molecule has 0 saturated carbocycles. The predicted molar refractivity (Wildman–Crippen MR) is 49.2 cm³/mol. The Morgan fingerprint density at radius 1 is 1.40 bits per heavy atom. The minimum Gasteiger partial charge on any atom is -0.477 e. The van der Waals surface area contributed by atoms with Crippen molar-refractivity contribution in [2.75, 3.05) is 0 Å². The van der Waals surface area contributed by atoms with Crippen molar-refractivity contribution < 1.29 is 14.4 Å². The zero-order valence-electron chi connectivity index (χ0n) is 7.84. The van der Waals surface area contributed by atoms with Gasteiger partial charge in [0.15, 0.2) is 0 Å². The Labute approximate surface area is 84.6 Å². The first-order chi connectivity index (χ1) is 7.20. The van der Waals surface area contributed by atoms with Gasteiger partial charge in [-0.3, -0.25) is 0 Å². The van der Waals surface area contributed by atoms with Crippen molar-refractivity contribution in [2.45, 2.75) is 6.92 Å². The van der Waals surface area contributed by atoms with Gasteiger partial charge >= 0.3 is 5.97 Å². The number of aromatic nitrogens is 3. The Morgan fingerprint density at radius 2 is 2.07 bits per heavy atom. The Morgan fingerprint density at radius 3 is 2.67 bits per heavy atom. The Hall–Kier alpha value is -2.24. The highest BCUT2D eigenvalue weighted by molar-refractivity contribution is 5.95. The van der Waals surface area contributed by atoms with E-state index in [2.05, 4.69) is 15.1 Å². The van der Waals surface area contributed by atoms with Crippen LogP contribution >= 0.6 is 0 Å². The lowest BCUT2D eigenvalue weighted by atomic mass is 10.1. The number of aromatic carboxylic acids is 1. The van der Waals surface area contributed by atoms with Crippen LogP contribution in [0.3, 0.4) is 0 Å². The molecule has 1 N–H and O–H groups in total. The number of carboxylic acid groups (broad SMARTS) is 1. The van der Waals surface area contributed by atoms with E-state index in [1.54, 1.807) is 6.92 Å². The summed E-state index contributed by atoms with van der Waals surface area (Å²) < 4.78 is 4.82. The highest BCUT2D eigenvalue weighted by Gasteiger charge is 2.20. The van der Waals surface area contributed by atoms with Crippen molar-refractivity contribution in [3.05, 3.63) is 30.0 Å². The molecule has 0 aromatic carbocycles. The maximum Gasteiger partial charge on any atom is 0.341 e. The number of nitrogens with zero attached hydrogens (tertiary/aromatic N) is 3. The van der Waals surface area contributed by atoms with Gasteiger partial charge in [-0.1, -0.05) is 5.16 Å². The van der Waals surface area contributed by atoms with E-state index in [9.17, 15) is 4.79 Å². The summed E-state index contributed by atoms with van der Waals surface area (Å²) in [6.07, 6.45) is 4.32. The summed E-state index contributed by atoms with van der Waals surface area (Å²) in [5.74, 6) is -0.811. The average molecular weight is 205 g/mol. The quantitative estimate of drug-likeness (QED) is 0.790. The molecule has 0 saturated heterocycles. The highest BCUT2D eigenvalue weighted by Crippen LogP contribution is 2.23. The maximum absolute atomic E-state index is 10.9. The van der Waals surface area contributed by atoms with Gasteiger partial charge in [0.1, 0.15) is 23.3 Å². The van der Waals surface area contributed by atoms with Crippen LogP contribution in [0.25, 0.3) is 11.3 Å². The van der Waals surface area contributed by atoms with E-state index in [-0.39, 0.29) is 17.0 Å². The lowest BCUT2D eigenvalue weighted by molar-refractivity contribution is 0.0696. The molecule has 0 bridgehead atoms. The lowest BCUT2D eigenvalue weighted by Crippen LogP contribution is -1.99. The monoisotopic (exact) mass is 205 g/mol. The lowest BCUT2D eigenvalue weighted by Gasteiger charge is -1.95. The van der Waals surface area contributed by atoms with Gasteiger partial charge in [-0.15, -0.1) is 0 Å². The van der Waals surface area contributed by atoms with Crippen molar-refractivity contribution in [1.29, 1.82) is 0 Å². The number of hydrogen-bond acceptors (Lipinski definition) is 5. The average Bonchev–Trinajstić information content (AvgIpc) is 2.61. The minimum atomic E-state index is -1.08. The summed E-state index contributed by atoms with van der Waals surface area (Å²) in [5, 5.41) is 12.6. The standard InChI is InChI=1S/C9H7N3O3/c1-5-7(9(13)14)8(12-15-5)6-2-10-4-11-3-6/h2-4H,1H3,(H,13,14). The van der Waals surface area contributed by atoms with Gasteiger partial charge in [0.05, 0.1) is 0 Å². The van der Waals surface area contributed by atoms with Crippen LogP contribution in [0.15, 0.2) is 23.2 Å². The van der Waals surface area contributed by atoms with Crippen LogP contribution in [-0.4, -0.2) is 26.2 Å². The van der Waals surface area contributed by atoms with Gasteiger partial charge in [0, 0.05) is 18.0 Å². The van der Waals surface area contributed by atoms with Crippen LogP contribution in [0, 0.1) is 6.92 Å². The molecule has 0 aliphatic heterocycles. The molecule has 0 amide bonds. The van der Waals surface area contributed by atoms with Gasteiger partial charge in [0.25, 0.3) is 0 Å². The summed E-state index contributed by atoms with van der Waals surface area (Å²) in [4.78, 5) is 18.5. The van der Waals surface area contributed by atoms with Gasteiger partial charge in [-0.25, -0.2) is 14.8 Å². The van der Waals surface area contributed by atoms with Crippen LogP contribution in [-0.2, 0) is 0 Å². The Bertz CT molecular complexity index is 493. The molecule has 76 valence electrons. The molecule has 0 aliphatic rings. The molecule has 0 fully saturated rings. The highest BCUT2D eigenvalue weighted by atomic mass is 16.5. The Balaban J connectivity index is 2.59. The summed E-state index contributed by atoms with van der Waals surface area (Å²) in [7, 11) is 0. The molecular formula is C9H7N3O3. The third-order valence-electron chi connectivity index (χ3n) is 1.91. The largest absolute Gasteiger partial charge is 0.477 e. The minimum absolute atomic E-state index is 0.0461. The third-order valence-corrected chi connectivity index (χ3v) is 1.91. The summed E-state index contributed by atoms with van der Waals surface area (Å²) >= 11 is 0. The van der Waals surface area contributed by atoms with Crippen LogP contribution in [0.5, 0.6) is 0 Å². The summed E-state index contributed by atoms with van der Waals surface area (Å²) in [6.45, 7) is 1.55. The molecule has 6 nitrogen and oxygen atoms in total. The van der Waals surface area contributed by atoms with Gasteiger partial charge in [-0.05, 0) is 6.92 Å². The fourth-order valence-corrected chi connectivity index (χ4v) is 1.24. The second-order valence-corrected chi connectivity index (χ2v) is 2.89. The first kappa shape index (κ1) is 9.32. The predicted octanol–water partition coefficient (Wildman–Crippen LogP) is 1.14. The van der Waals surface area contributed by atoms with Gasteiger partial charge in [0.2, 0.25) is 0 Å². The second-order valence-electron chi connectivity index (χ2n) is 2.89. The first-order valence-corrected chi connectivity index (χ1v) is 4.15. The summed E-state index contributed by atoms with van der Waals surface area (Å²) in [5.41, 5.74) is 0.817. The van der Waals surface area contributed by atoms with E-state index in [1.807, 2.05) is 0 Å². The van der Waals surface area contributed by atoms with Crippen LogP contribution < -0.4 is 0 Å². The SMILES string of the molecule is Cc1onc(-c2cncnc2)c1C(=O)O. The summed E-state index contributed by atoms with van der Waals surface area (Å²) in [6, 6.07) is 0. The molecule has 15 heavy (non-hydrogen) atoms. The van der Waals surface area contributed by atoms with Crippen molar-refractivity contribution in [3.8, 4) is 11.3 Å². The number of hydrogen-bond donors (Lipinski definition) is 1. The van der Waals surface area contributed by atoms with Gasteiger partial charge < -0.3 is 9.63 Å². The van der Waals surface area contributed by atoms with Crippen molar-refractivity contribution >= 4 is 5.97 Å². The molecule has 0 radical (unpaired) electrons. The fraction of sp³-hybridized carbons (Fsp3) is 0.111. The number of carbonyl (C=O) groups is 1. The zero-order valence-corrected chi connectivity index (χ0v) is 7.84. The van der Waals surface area contributed by atoms with Crippen LogP contribution in [0.1, 0.15) is 16.1 Å². The maximum atomic E-state index is 10.9. The molecule has 0 aliphatic carbocycles. The molecule has 2 heterocycles. The van der Waals surface area contributed by atoms with E-state index in [0.29, 0.717) is 5.56 Å². The van der Waals surface area contributed by atoms with E-state index in [4.69, 9.17) is 9.63 Å². The number of aryl methyl sites for hydroxylation is 1. The molecule has 0 atom stereocenters. The van der Waals surface area contributed by atoms with E-state index in [1.165, 1.54) is 18.7 Å². The van der Waals surface area contributed by atoms with Crippen molar-refractivity contribution in [2.24, 2.45) is 0 Å². The first-order valence-electron chi connectivity index (χ1n) is 4.15. The molecule has 2 rings (SSSR count). The topological polar surface area (TPSA) is 89.1 Å². The van der Waals surface area contributed by atoms with Crippen LogP contribution in [0.2, 0.25) is 0 Å². The molecule has 6 heteroatoms. The molecule has 0 unspecified atom stereocenters. The third kappa shape index (κ3) is 1.56. The normalized spacial score (nSPS) is 10.2. The molecule has 0 spiro atoms. The van der Waals surface area contributed by atoms with Crippen molar-refractivity contribution in [3.63, 3.8) is 0 Å². The van der Waals surface area contributed by atoms with Crippen LogP contribution in [0.4, 0.5) is 0 Å². The molecule has 2 aromatic heterocycles. The Kier molecular flexibility index (Phi) is 2.17. The molecular weight excluding hydrogens is 198 g/mol. The van der Waals surface area contributed by atoms with Crippen molar-refractivity contribution in [1.82, 2.24) is 15.1 Å². The number of carboxylic acids is 1. The van der Waals surface area contributed by atoms with E-state index >= 15 is 0 Å². The fourth-order valence-electron chi connectivity index (χ4n) is 1.24. The number of rotatable bonds is 2. The van der Waals surface area contributed by atoms with E-state index < -0.39 is 5.97 Å². The second kappa shape index (κ2) is 3.49. The molecule has 2 aromatic rings. The zero-order chi connectivity index (χ0) is 10.8.